The molecule has 2 atom stereocenters. The Hall–Kier alpha value is -0.340. The molecular formula is C14H20BrN. The maximum atomic E-state index is 3.58. The van der Waals surface area contributed by atoms with Gasteiger partial charge in [0.1, 0.15) is 0 Å². The Morgan fingerprint density at radius 3 is 2.81 bits per heavy atom. The van der Waals surface area contributed by atoms with Crippen molar-refractivity contribution in [3.05, 3.63) is 34.3 Å². The summed E-state index contributed by atoms with van der Waals surface area (Å²) in [5.74, 6) is 1.84. The molecule has 1 aliphatic rings. The van der Waals surface area contributed by atoms with Crippen molar-refractivity contribution in [2.45, 2.75) is 32.7 Å². The average Bonchev–Trinajstić information content (AvgIpc) is 2.67. The summed E-state index contributed by atoms with van der Waals surface area (Å²) in [6.45, 7) is 4.52. The number of rotatable bonds is 4. The minimum Gasteiger partial charge on any atom is -0.312 e. The van der Waals surface area contributed by atoms with Crippen LogP contribution in [0.4, 0.5) is 0 Å². The summed E-state index contributed by atoms with van der Waals surface area (Å²) in [6, 6.07) is 8.44. The van der Waals surface area contributed by atoms with Crippen LogP contribution in [0.1, 0.15) is 31.7 Å². The van der Waals surface area contributed by atoms with Gasteiger partial charge in [0.05, 0.1) is 0 Å². The van der Waals surface area contributed by atoms with Gasteiger partial charge in [-0.2, -0.15) is 0 Å². The van der Waals surface area contributed by atoms with E-state index in [-0.39, 0.29) is 0 Å². The third-order valence-corrected chi connectivity index (χ3v) is 4.28. The standard InChI is InChI=1S/C14H20BrN/c1-11-6-7-12(8-11)9-16-10-13-4-2-3-5-14(13)15/h2-5,11-12,16H,6-10H2,1H3. The van der Waals surface area contributed by atoms with Gasteiger partial charge in [0.2, 0.25) is 0 Å². The molecule has 1 aromatic rings. The molecule has 0 bridgehead atoms. The lowest BCUT2D eigenvalue weighted by atomic mass is 10.1. The summed E-state index contributed by atoms with van der Waals surface area (Å²) in [5.41, 5.74) is 1.36. The molecule has 88 valence electrons. The Morgan fingerprint density at radius 1 is 1.31 bits per heavy atom. The quantitative estimate of drug-likeness (QED) is 0.881. The molecule has 1 saturated carbocycles. The van der Waals surface area contributed by atoms with E-state index in [0.717, 1.165) is 18.4 Å². The molecule has 16 heavy (non-hydrogen) atoms. The summed E-state index contributed by atoms with van der Waals surface area (Å²) in [5, 5.41) is 3.58. The highest BCUT2D eigenvalue weighted by Gasteiger charge is 2.20. The van der Waals surface area contributed by atoms with Crippen molar-refractivity contribution in [3.8, 4) is 0 Å². The highest BCUT2D eigenvalue weighted by atomic mass is 79.9. The molecule has 0 aromatic heterocycles. The van der Waals surface area contributed by atoms with Crippen LogP contribution in [0.15, 0.2) is 28.7 Å². The Balaban J connectivity index is 1.74. The highest BCUT2D eigenvalue weighted by Crippen LogP contribution is 2.29. The Bertz CT molecular complexity index is 337. The first-order chi connectivity index (χ1) is 7.75. The van der Waals surface area contributed by atoms with E-state index in [9.17, 15) is 0 Å². The van der Waals surface area contributed by atoms with Gasteiger partial charge in [0, 0.05) is 11.0 Å². The molecule has 2 rings (SSSR count). The van der Waals surface area contributed by atoms with Crippen LogP contribution < -0.4 is 5.32 Å². The molecule has 0 amide bonds. The van der Waals surface area contributed by atoms with E-state index in [1.807, 2.05) is 0 Å². The molecule has 0 spiro atoms. The maximum Gasteiger partial charge on any atom is 0.0220 e. The van der Waals surface area contributed by atoms with Crippen molar-refractivity contribution in [2.75, 3.05) is 6.54 Å². The molecular weight excluding hydrogens is 262 g/mol. The van der Waals surface area contributed by atoms with Gasteiger partial charge in [0.15, 0.2) is 0 Å². The minimum absolute atomic E-state index is 0.900. The Kier molecular flexibility index (Phi) is 4.42. The van der Waals surface area contributed by atoms with Gasteiger partial charge in [-0.15, -0.1) is 0 Å². The van der Waals surface area contributed by atoms with E-state index in [1.54, 1.807) is 0 Å². The number of hydrogen-bond acceptors (Lipinski definition) is 1. The largest absolute Gasteiger partial charge is 0.312 e. The second-order valence-electron chi connectivity index (χ2n) is 5.01. The van der Waals surface area contributed by atoms with Crippen molar-refractivity contribution >= 4 is 15.9 Å². The van der Waals surface area contributed by atoms with Gasteiger partial charge < -0.3 is 5.32 Å². The molecule has 0 heterocycles. The summed E-state index contributed by atoms with van der Waals surface area (Å²) in [4.78, 5) is 0. The van der Waals surface area contributed by atoms with E-state index < -0.39 is 0 Å². The van der Waals surface area contributed by atoms with Crippen LogP contribution in [0.3, 0.4) is 0 Å². The summed E-state index contributed by atoms with van der Waals surface area (Å²) in [7, 11) is 0. The van der Waals surface area contributed by atoms with E-state index in [2.05, 4.69) is 52.4 Å². The molecule has 1 aromatic carbocycles. The molecule has 0 saturated heterocycles. The van der Waals surface area contributed by atoms with Crippen molar-refractivity contribution < 1.29 is 0 Å². The van der Waals surface area contributed by atoms with E-state index >= 15 is 0 Å². The van der Waals surface area contributed by atoms with Crippen LogP contribution in [-0.4, -0.2) is 6.54 Å². The van der Waals surface area contributed by atoms with Gasteiger partial charge in [0.25, 0.3) is 0 Å². The van der Waals surface area contributed by atoms with Crippen LogP contribution in [0.2, 0.25) is 0 Å². The molecule has 0 radical (unpaired) electrons. The molecule has 1 nitrogen and oxygen atoms in total. The predicted molar refractivity (Wildman–Crippen MR) is 72.4 cm³/mol. The van der Waals surface area contributed by atoms with Gasteiger partial charge >= 0.3 is 0 Å². The lowest BCUT2D eigenvalue weighted by molar-refractivity contribution is 0.470. The van der Waals surface area contributed by atoms with Crippen molar-refractivity contribution in [1.82, 2.24) is 5.32 Å². The van der Waals surface area contributed by atoms with E-state index in [0.29, 0.717) is 0 Å². The number of hydrogen-bond donors (Lipinski definition) is 1. The summed E-state index contributed by atoms with van der Waals surface area (Å²) in [6.07, 6.45) is 4.23. The normalized spacial score (nSPS) is 24.9. The van der Waals surface area contributed by atoms with Crippen molar-refractivity contribution in [2.24, 2.45) is 11.8 Å². The van der Waals surface area contributed by atoms with Gasteiger partial charge in [-0.1, -0.05) is 47.5 Å². The second kappa shape index (κ2) is 5.83. The predicted octanol–water partition coefficient (Wildman–Crippen LogP) is 3.97. The smallest absolute Gasteiger partial charge is 0.0220 e. The third-order valence-electron chi connectivity index (χ3n) is 3.51. The lowest BCUT2D eigenvalue weighted by Crippen LogP contribution is -2.21. The fraction of sp³-hybridized carbons (Fsp3) is 0.571. The van der Waals surface area contributed by atoms with Crippen LogP contribution >= 0.6 is 15.9 Å². The fourth-order valence-electron chi connectivity index (χ4n) is 2.56. The number of benzene rings is 1. The van der Waals surface area contributed by atoms with Gasteiger partial charge in [-0.05, 0) is 42.9 Å². The SMILES string of the molecule is CC1CCC(CNCc2ccccc2Br)C1. The topological polar surface area (TPSA) is 12.0 Å². The minimum atomic E-state index is 0.900. The molecule has 2 heteroatoms. The zero-order valence-corrected chi connectivity index (χ0v) is 11.5. The average molecular weight is 282 g/mol. The monoisotopic (exact) mass is 281 g/mol. The zero-order valence-electron chi connectivity index (χ0n) is 9.88. The second-order valence-corrected chi connectivity index (χ2v) is 5.86. The Labute approximate surface area is 107 Å². The Morgan fingerprint density at radius 2 is 2.12 bits per heavy atom. The molecule has 0 aliphatic heterocycles. The van der Waals surface area contributed by atoms with Gasteiger partial charge in [-0.25, -0.2) is 0 Å². The highest BCUT2D eigenvalue weighted by molar-refractivity contribution is 9.10. The number of halogens is 1. The first-order valence-electron chi connectivity index (χ1n) is 6.20. The summed E-state index contributed by atoms with van der Waals surface area (Å²) < 4.78 is 1.21. The third kappa shape index (κ3) is 3.33. The van der Waals surface area contributed by atoms with Crippen LogP contribution in [0.25, 0.3) is 0 Å². The first kappa shape index (κ1) is 12.1. The van der Waals surface area contributed by atoms with Gasteiger partial charge in [-0.3, -0.25) is 0 Å². The molecule has 1 aliphatic carbocycles. The van der Waals surface area contributed by atoms with Crippen molar-refractivity contribution in [3.63, 3.8) is 0 Å². The first-order valence-corrected chi connectivity index (χ1v) is 6.99. The van der Waals surface area contributed by atoms with Crippen LogP contribution in [0, 0.1) is 11.8 Å². The van der Waals surface area contributed by atoms with Crippen LogP contribution in [0.5, 0.6) is 0 Å². The summed E-state index contributed by atoms with van der Waals surface area (Å²) >= 11 is 3.58. The zero-order chi connectivity index (χ0) is 11.4. The van der Waals surface area contributed by atoms with E-state index in [4.69, 9.17) is 0 Å². The van der Waals surface area contributed by atoms with Crippen LogP contribution in [-0.2, 0) is 6.54 Å². The maximum absolute atomic E-state index is 3.58. The molecule has 1 N–H and O–H groups in total. The van der Waals surface area contributed by atoms with E-state index in [1.165, 1.54) is 35.8 Å². The molecule has 2 unspecified atom stereocenters. The fourth-order valence-corrected chi connectivity index (χ4v) is 2.99. The molecule has 1 fully saturated rings. The lowest BCUT2D eigenvalue weighted by Gasteiger charge is -2.11. The number of nitrogens with one attached hydrogen (secondary N) is 1. The van der Waals surface area contributed by atoms with Crippen molar-refractivity contribution in [1.29, 1.82) is 0 Å².